The Balaban J connectivity index is 0.641. The van der Waals surface area contributed by atoms with E-state index in [2.05, 4.69) is 46.5 Å². The van der Waals surface area contributed by atoms with E-state index >= 15 is 0 Å². The molecule has 7 rings (SSSR count). The van der Waals surface area contributed by atoms with Gasteiger partial charge in [0.1, 0.15) is 54.6 Å². The number of ether oxygens (including phenoxy) is 17. The number of hydrogen-bond acceptors (Lipinski definition) is 26. The maximum absolute atomic E-state index is 13.2. The van der Waals surface area contributed by atoms with Crippen LogP contribution >= 0.6 is 0 Å². The summed E-state index contributed by atoms with van der Waals surface area (Å²) in [5.41, 5.74) is -1.34. The number of hydrogen-bond donors (Lipinski definition) is 5. The van der Waals surface area contributed by atoms with Crippen LogP contribution in [0, 0.1) is 0 Å². The van der Waals surface area contributed by atoms with Crippen molar-refractivity contribution in [2.75, 3.05) is 169 Å². The number of aromatic nitrogens is 4. The first-order valence-corrected chi connectivity index (χ1v) is 31.7. The molecule has 96 heavy (non-hydrogen) atoms. The average molecular weight is 1380 g/mol. The molecule has 0 aliphatic carbocycles. The van der Waals surface area contributed by atoms with E-state index in [-0.39, 0.29) is 149 Å². The molecule has 29 nitrogen and oxygen atoms in total. The Morgan fingerprint density at radius 3 is 1.30 bits per heavy atom. The molecule has 3 amide bonds. The van der Waals surface area contributed by atoms with Gasteiger partial charge in [0.25, 0.3) is 0 Å². The van der Waals surface area contributed by atoms with E-state index in [4.69, 9.17) is 80.5 Å². The summed E-state index contributed by atoms with van der Waals surface area (Å²) >= 11 is 0. The Morgan fingerprint density at radius 2 is 0.896 bits per heavy atom. The van der Waals surface area contributed by atoms with Gasteiger partial charge in [-0.25, -0.2) is 24.7 Å². The number of halogens is 6. The lowest BCUT2D eigenvalue weighted by molar-refractivity contribution is -0.161. The van der Waals surface area contributed by atoms with Gasteiger partial charge in [0, 0.05) is 38.3 Å². The zero-order valence-electron chi connectivity index (χ0n) is 54.2. The molecular formula is C61H89F6N9O20. The molecule has 0 unspecified atom stereocenters. The van der Waals surface area contributed by atoms with Crippen molar-refractivity contribution >= 4 is 29.8 Å². The minimum absolute atomic E-state index is 0.00605. The quantitative estimate of drug-likeness (QED) is 0.0396. The molecular weight excluding hydrogens is 1290 g/mol. The highest BCUT2D eigenvalue weighted by Gasteiger charge is 2.54. The fourth-order valence-electron chi connectivity index (χ4n) is 9.97. The predicted octanol–water partition coefficient (Wildman–Crippen LogP) is 3.88. The Morgan fingerprint density at radius 1 is 0.510 bits per heavy atom. The summed E-state index contributed by atoms with van der Waals surface area (Å²) < 4.78 is 177. The third kappa shape index (κ3) is 28.5. The fourth-order valence-corrected chi connectivity index (χ4v) is 9.97. The van der Waals surface area contributed by atoms with Crippen molar-refractivity contribution < 1.29 is 121 Å². The number of nitrogens with zero attached hydrogens (tertiary/aromatic N) is 4. The summed E-state index contributed by atoms with van der Waals surface area (Å²) in [5.74, 6) is -2.87. The zero-order valence-corrected chi connectivity index (χ0v) is 54.2. The van der Waals surface area contributed by atoms with Gasteiger partial charge in [-0.3, -0.25) is 9.59 Å². The van der Waals surface area contributed by atoms with Gasteiger partial charge in [-0.1, -0.05) is 30.3 Å². The van der Waals surface area contributed by atoms with Gasteiger partial charge in [0.05, 0.1) is 163 Å². The summed E-state index contributed by atoms with van der Waals surface area (Å²) in [4.78, 5) is 52.7. The van der Waals surface area contributed by atoms with Crippen LogP contribution in [0.4, 0.5) is 43.0 Å². The number of alkyl carbamates (subject to hydrolysis) is 1. The number of carbonyl (C=O) groups is 3. The first-order chi connectivity index (χ1) is 46.1. The molecule has 4 saturated heterocycles. The van der Waals surface area contributed by atoms with Gasteiger partial charge in [-0.15, -0.1) is 0 Å². The van der Waals surface area contributed by atoms with Gasteiger partial charge in [0.15, 0.2) is 11.6 Å². The molecule has 4 aliphatic heterocycles. The summed E-state index contributed by atoms with van der Waals surface area (Å²) in [7, 11) is 0. The highest BCUT2D eigenvalue weighted by Crippen LogP contribution is 2.38. The highest BCUT2D eigenvalue weighted by molar-refractivity contribution is 5.76. The molecule has 3 aromatic rings. The maximum Gasteiger partial charge on any atom is 0.433 e. The minimum atomic E-state index is -4.62. The summed E-state index contributed by atoms with van der Waals surface area (Å²) in [5, 5.41) is 14.0. The number of fused-ring (bicyclic) bond motifs is 2. The lowest BCUT2D eigenvalue weighted by atomic mass is 9.98. The standard InChI is InChI=1S/C61H89F6N9O20/c1-58(2)93-51-43(73-55-70-14-10-47(75-55)60(62,63)64)37-90-45(53(51)95-58)39-88-32-30-84-28-26-82-24-22-80-20-16-68-49(77)12-18-86-35-42(72-57(79)92-34-41-8-6-5-7-9-41)36-87-19-13-50(78)69-17-21-81-23-25-83-27-29-85-31-33-89-40-46-54-52(94-59(3,4)96-54)44(38-91-46)74-56-71-15-11-48(76-56)61(65,66)67/h5-11,14-15,42-46,51-54H,12-13,16-40H2,1-4H3,(H,68,77)(H,69,78)(H,72,79)(H,70,73,75)(H,71,74,76)/t43-,44-,45+,46+,51+,52+,53-,54-/m0/s1. The average Bonchev–Trinajstić information content (AvgIpc) is 1.62. The second-order valence-electron chi connectivity index (χ2n) is 23.0. The van der Waals surface area contributed by atoms with Crippen LogP contribution in [0.1, 0.15) is 57.5 Å². The molecule has 0 bridgehead atoms. The molecule has 540 valence electrons. The SMILES string of the molecule is CC1(C)O[C@@H]2[C@H](O1)[C@@H](Nc1nccc(C(F)(F)F)n1)CO[C@@H]2COCCOCCOCCOCCNC(=O)CCOCC(COCCC(=O)NCCOCCOCCOCCOC[C@H]1OC[C@H](Nc2nccc(C(F)(F)F)n2)[C@H]2OC(C)(C)O[C@H]21)NC(=O)OCc1ccccc1. The number of anilines is 2. The predicted molar refractivity (Wildman–Crippen MR) is 323 cm³/mol. The summed E-state index contributed by atoms with van der Waals surface area (Å²) in [6, 6.07) is 8.90. The monoisotopic (exact) mass is 1380 g/mol. The smallest absolute Gasteiger partial charge is 0.433 e. The van der Waals surface area contributed by atoms with Gasteiger partial charge in [-0.2, -0.15) is 26.3 Å². The Bertz CT molecular complexity index is 2590. The Labute approximate surface area is 552 Å². The number of nitrogens with one attached hydrogen (secondary N) is 5. The van der Waals surface area contributed by atoms with E-state index in [0.717, 1.165) is 30.1 Å². The molecule has 35 heteroatoms. The highest BCUT2D eigenvalue weighted by atomic mass is 19.4. The third-order valence-corrected chi connectivity index (χ3v) is 14.4. The van der Waals surface area contributed by atoms with Crippen LogP contribution in [0.2, 0.25) is 0 Å². The topological polar surface area (TPSA) is 320 Å². The third-order valence-electron chi connectivity index (χ3n) is 14.4. The van der Waals surface area contributed by atoms with Crippen LogP contribution in [0.5, 0.6) is 0 Å². The van der Waals surface area contributed by atoms with Crippen molar-refractivity contribution in [1.82, 2.24) is 35.9 Å². The molecule has 5 N–H and O–H groups in total. The number of amides is 3. The zero-order chi connectivity index (χ0) is 68.7. The van der Waals surface area contributed by atoms with Gasteiger partial charge < -0.3 is 107 Å². The van der Waals surface area contributed by atoms with E-state index in [1.54, 1.807) is 27.7 Å². The first-order valence-electron chi connectivity index (χ1n) is 31.7. The summed E-state index contributed by atoms with van der Waals surface area (Å²) in [6.07, 6.45) is -11.1. The molecule has 0 spiro atoms. The summed E-state index contributed by atoms with van der Waals surface area (Å²) in [6.45, 7) is 12.1. The molecule has 6 heterocycles. The second-order valence-corrected chi connectivity index (χ2v) is 23.0. The van der Waals surface area contributed by atoms with Crippen molar-refractivity contribution in [3.8, 4) is 0 Å². The molecule has 0 radical (unpaired) electrons. The van der Waals surface area contributed by atoms with Crippen LogP contribution in [0.15, 0.2) is 54.9 Å². The molecule has 2 aromatic heterocycles. The molecule has 1 aromatic carbocycles. The number of carbonyl (C=O) groups excluding carboxylic acids is 3. The van der Waals surface area contributed by atoms with Crippen molar-refractivity contribution in [3.63, 3.8) is 0 Å². The molecule has 4 fully saturated rings. The maximum atomic E-state index is 13.2. The van der Waals surface area contributed by atoms with Gasteiger partial charge in [-0.05, 0) is 45.4 Å². The van der Waals surface area contributed by atoms with Crippen molar-refractivity contribution in [2.45, 2.75) is 126 Å². The van der Waals surface area contributed by atoms with Crippen LogP contribution in [0.25, 0.3) is 0 Å². The molecule has 8 atom stereocenters. The van der Waals surface area contributed by atoms with E-state index in [0.29, 0.717) is 52.9 Å². The van der Waals surface area contributed by atoms with Crippen LogP contribution < -0.4 is 26.6 Å². The Kier molecular flexibility index (Phi) is 32.5. The van der Waals surface area contributed by atoms with E-state index in [1.807, 2.05) is 30.3 Å². The first kappa shape index (κ1) is 77.5. The van der Waals surface area contributed by atoms with Crippen LogP contribution in [0.3, 0.4) is 0 Å². The molecule has 4 aliphatic rings. The van der Waals surface area contributed by atoms with Gasteiger partial charge in [0.2, 0.25) is 23.7 Å². The van der Waals surface area contributed by atoms with Crippen LogP contribution in [-0.4, -0.2) is 263 Å². The Hall–Kier alpha value is -5.87. The number of benzene rings is 1. The second kappa shape index (κ2) is 40.3. The van der Waals surface area contributed by atoms with E-state index in [1.165, 1.54) is 0 Å². The number of alkyl halides is 6. The lowest BCUT2D eigenvalue weighted by Crippen LogP contribution is -2.55. The van der Waals surface area contributed by atoms with Crippen molar-refractivity contribution in [2.24, 2.45) is 0 Å². The van der Waals surface area contributed by atoms with Crippen LogP contribution in [-0.2, 0) is 109 Å². The van der Waals surface area contributed by atoms with E-state index < -0.39 is 96.2 Å². The van der Waals surface area contributed by atoms with Gasteiger partial charge >= 0.3 is 18.4 Å². The minimum Gasteiger partial charge on any atom is -0.445 e. The number of rotatable bonds is 45. The largest absolute Gasteiger partial charge is 0.445 e. The fraction of sp³-hybridized carbons (Fsp3) is 0.721. The van der Waals surface area contributed by atoms with Crippen molar-refractivity contribution in [1.29, 1.82) is 0 Å². The normalized spacial score (nSPS) is 22.4. The van der Waals surface area contributed by atoms with E-state index in [9.17, 15) is 40.7 Å². The molecule has 0 saturated carbocycles. The van der Waals surface area contributed by atoms with Crippen molar-refractivity contribution in [3.05, 3.63) is 71.8 Å². The lowest BCUT2D eigenvalue weighted by Gasteiger charge is -2.37.